The molecule has 16 heavy (non-hydrogen) atoms. The van der Waals surface area contributed by atoms with E-state index in [2.05, 4.69) is 32.0 Å². The van der Waals surface area contributed by atoms with Crippen LogP contribution in [-0.2, 0) is 6.42 Å². The summed E-state index contributed by atoms with van der Waals surface area (Å²) in [4.78, 5) is 0. The van der Waals surface area contributed by atoms with Gasteiger partial charge in [-0.2, -0.15) is 0 Å². The second-order valence-electron chi connectivity index (χ2n) is 4.06. The SMILES string of the molecule is C#CCC(CC)NC(C)c1ccc(CC)o1. The van der Waals surface area contributed by atoms with Gasteiger partial charge in [-0.15, -0.1) is 12.3 Å². The van der Waals surface area contributed by atoms with Gasteiger partial charge in [-0.05, 0) is 25.5 Å². The molecular formula is C14H21NO. The van der Waals surface area contributed by atoms with Crippen LogP contribution in [0.3, 0.4) is 0 Å². The zero-order valence-electron chi connectivity index (χ0n) is 10.4. The molecule has 2 atom stereocenters. The summed E-state index contributed by atoms with van der Waals surface area (Å²) in [5.74, 6) is 4.73. The molecule has 0 saturated carbocycles. The molecule has 0 aliphatic heterocycles. The van der Waals surface area contributed by atoms with Gasteiger partial charge < -0.3 is 9.73 Å². The number of hydrogen-bond acceptors (Lipinski definition) is 2. The summed E-state index contributed by atoms with van der Waals surface area (Å²) in [6.07, 6.45) is 8.07. The molecule has 0 aliphatic rings. The first-order valence-corrected chi connectivity index (χ1v) is 5.99. The lowest BCUT2D eigenvalue weighted by atomic mass is 10.1. The van der Waals surface area contributed by atoms with Gasteiger partial charge in [-0.25, -0.2) is 0 Å². The molecule has 1 N–H and O–H groups in total. The van der Waals surface area contributed by atoms with E-state index in [-0.39, 0.29) is 6.04 Å². The van der Waals surface area contributed by atoms with Crippen LogP contribution >= 0.6 is 0 Å². The highest BCUT2D eigenvalue weighted by Gasteiger charge is 2.13. The Kier molecular flexibility index (Phi) is 5.14. The van der Waals surface area contributed by atoms with Crippen molar-refractivity contribution in [3.8, 4) is 12.3 Å². The average molecular weight is 219 g/mol. The van der Waals surface area contributed by atoms with Gasteiger partial charge >= 0.3 is 0 Å². The lowest BCUT2D eigenvalue weighted by Crippen LogP contribution is -2.30. The average Bonchev–Trinajstić information content (AvgIpc) is 2.76. The van der Waals surface area contributed by atoms with E-state index in [4.69, 9.17) is 10.8 Å². The predicted octanol–water partition coefficient (Wildman–Crippen LogP) is 3.29. The van der Waals surface area contributed by atoms with Crippen molar-refractivity contribution in [2.75, 3.05) is 0 Å². The van der Waals surface area contributed by atoms with Gasteiger partial charge in [-0.3, -0.25) is 0 Å². The molecule has 0 bridgehead atoms. The highest BCUT2D eigenvalue weighted by molar-refractivity contribution is 5.10. The van der Waals surface area contributed by atoms with E-state index in [1.165, 1.54) is 0 Å². The van der Waals surface area contributed by atoms with E-state index < -0.39 is 0 Å². The summed E-state index contributed by atoms with van der Waals surface area (Å²) in [6.45, 7) is 6.34. The first kappa shape index (κ1) is 12.9. The highest BCUT2D eigenvalue weighted by Crippen LogP contribution is 2.18. The molecule has 0 saturated heterocycles. The molecular weight excluding hydrogens is 198 g/mol. The molecule has 0 fully saturated rings. The van der Waals surface area contributed by atoms with Crippen LogP contribution in [0.4, 0.5) is 0 Å². The summed E-state index contributed by atoms with van der Waals surface area (Å²) >= 11 is 0. The molecule has 0 spiro atoms. The zero-order valence-corrected chi connectivity index (χ0v) is 10.4. The monoisotopic (exact) mass is 219 g/mol. The molecule has 0 radical (unpaired) electrons. The Morgan fingerprint density at radius 2 is 2.19 bits per heavy atom. The van der Waals surface area contributed by atoms with Crippen molar-refractivity contribution in [2.24, 2.45) is 0 Å². The van der Waals surface area contributed by atoms with Gasteiger partial charge in [0.25, 0.3) is 0 Å². The van der Waals surface area contributed by atoms with E-state index in [9.17, 15) is 0 Å². The van der Waals surface area contributed by atoms with Crippen molar-refractivity contribution in [2.45, 2.75) is 52.1 Å². The summed E-state index contributed by atoms with van der Waals surface area (Å²) in [5, 5.41) is 3.49. The normalized spacial score (nSPS) is 14.4. The zero-order chi connectivity index (χ0) is 12.0. The lowest BCUT2D eigenvalue weighted by Gasteiger charge is -2.19. The molecule has 2 heteroatoms. The van der Waals surface area contributed by atoms with Crippen LogP contribution in [0.1, 0.15) is 51.2 Å². The van der Waals surface area contributed by atoms with Crippen LogP contribution in [0.15, 0.2) is 16.5 Å². The first-order valence-electron chi connectivity index (χ1n) is 5.99. The molecule has 1 rings (SSSR count). The highest BCUT2D eigenvalue weighted by atomic mass is 16.3. The minimum absolute atomic E-state index is 0.221. The maximum atomic E-state index is 5.70. The number of furan rings is 1. The minimum Gasteiger partial charge on any atom is -0.464 e. The van der Waals surface area contributed by atoms with Crippen LogP contribution in [0.5, 0.6) is 0 Å². The third kappa shape index (κ3) is 3.43. The smallest absolute Gasteiger partial charge is 0.120 e. The Balaban J connectivity index is 2.57. The number of aryl methyl sites for hydroxylation is 1. The fourth-order valence-corrected chi connectivity index (χ4v) is 1.72. The van der Waals surface area contributed by atoms with Crippen molar-refractivity contribution < 1.29 is 4.42 Å². The molecule has 0 aromatic carbocycles. The fourth-order valence-electron chi connectivity index (χ4n) is 1.72. The molecule has 1 aromatic rings. The Morgan fingerprint density at radius 1 is 1.44 bits per heavy atom. The summed E-state index contributed by atoms with van der Waals surface area (Å²) < 4.78 is 5.70. The van der Waals surface area contributed by atoms with Crippen molar-refractivity contribution in [3.63, 3.8) is 0 Å². The van der Waals surface area contributed by atoms with E-state index >= 15 is 0 Å². The predicted molar refractivity (Wildman–Crippen MR) is 67.2 cm³/mol. The summed E-state index contributed by atoms with van der Waals surface area (Å²) in [6, 6.07) is 4.67. The largest absolute Gasteiger partial charge is 0.464 e. The number of hydrogen-bond donors (Lipinski definition) is 1. The number of terminal acetylenes is 1. The number of rotatable bonds is 6. The van der Waals surface area contributed by atoms with Crippen LogP contribution < -0.4 is 5.32 Å². The second kappa shape index (κ2) is 6.40. The Hall–Kier alpha value is -1.20. The molecule has 2 nitrogen and oxygen atoms in total. The summed E-state index contributed by atoms with van der Waals surface area (Å²) in [7, 11) is 0. The van der Waals surface area contributed by atoms with Gasteiger partial charge in [0, 0.05) is 18.9 Å². The standard InChI is InChI=1S/C14H21NO/c1-5-8-12(6-2)15-11(4)14-10-9-13(7-3)16-14/h1,9-12,15H,6-8H2,2-4H3. The van der Waals surface area contributed by atoms with Gasteiger partial charge in [0.05, 0.1) is 6.04 Å². The molecule has 88 valence electrons. The summed E-state index contributed by atoms with van der Waals surface area (Å²) in [5.41, 5.74) is 0. The van der Waals surface area contributed by atoms with Gasteiger partial charge in [0.1, 0.15) is 11.5 Å². The van der Waals surface area contributed by atoms with Crippen LogP contribution in [-0.4, -0.2) is 6.04 Å². The lowest BCUT2D eigenvalue weighted by molar-refractivity contribution is 0.372. The van der Waals surface area contributed by atoms with Crippen LogP contribution in [0, 0.1) is 12.3 Å². The minimum atomic E-state index is 0.221. The maximum absolute atomic E-state index is 5.70. The molecule has 1 aromatic heterocycles. The van der Waals surface area contributed by atoms with E-state index in [0.29, 0.717) is 6.04 Å². The topological polar surface area (TPSA) is 25.2 Å². The van der Waals surface area contributed by atoms with Gasteiger partial charge in [0.2, 0.25) is 0 Å². The fraction of sp³-hybridized carbons (Fsp3) is 0.571. The van der Waals surface area contributed by atoms with Crippen LogP contribution in [0.2, 0.25) is 0 Å². The second-order valence-corrected chi connectivity index (χ2v) is 4.06. The molecule has 1 heterocycles. The Morgan fingerprint density at radius 3 is 2.69 bits per heavy atom. The van der Waals surface area contributed by atoms with E-state index in [1.807, 2.05) is 12.1 Å². The van der Waals surface area contributed by atoms with Crippen molar-refractivity contribution in [1.29, 1.82) is 0 Å². The van der Waals surface area contributed by atoms with Crippen LogP contribution in [0.25, 0.3) is 0 Å². The molecule has 0 amide bonds. The van der Waals surface area contributed by atoms with Gasteiger partial charge in [-0.1, -0.05) is 13.8 Å². The maximum Gasteiger partial charge on any atom is 0.120 e. The molecule has 0 aliphatic carbocycles. The molecule has 2 unspecified atom stereocenters. The Bertz CT molecular complexity index is 348. The van der Waals surface area contributed by atoms with Crippen molar-refractivity contribution in [3.05, 3.63) is 23.7 Å². The number of nitrogens with one attached hydrogen (secondary N) is 1. The van der Waals surface area contributed by atoms with Gasteiger partial charge in [0.15, 0.2) is 0 Å². The van der Waals surface area contributed by atoms with E-state index in [0.717, 1.165) is 30.8 Å². The van der Waals surface area contributed by atoms with Crippen molar-refractivity contribution >= 4 is 0 Å². The Labute approximate surface area is 98.4 Å². The third-order valence-electron chi connectivity index (χ3n) is 2.80. The van der Waals surface area contributed by atoms with E-state index in [1.54, 1.807) is 0 Å². The first-order chi connectivity index (χ1) is 7.71. The third-order valence-corrected chi connectivity index (χ3v) is 2.80. The van der Waals surface area contributed by atoms with Crippen molar-refractivity contribution in [1.82, 2.24) is 5.32 Å². The quantitative estimate of drug-likeness (QED) is 0.743.